The van der Waals surface area contributed by atoms with Crippen molar-refractivity contribution in [3.8, 4) is 0 Å². The van der Waals surface area contributed by atoms with Gasteiger partial charge < -0.3 is 15.1 Å². The monoisotopic (exact) mass is 362 g/mol. The van der Waals surface area contributed by atoms with Gasteiger partial charge in [0.05, 0.1) is 0 Å². The van der Waals surface area contributed by atoms with E-state index in [0.29, 0.717) is 0 Å². The van der Waals surface area contributed by atoms with E-state index in [1.165, 1.54) is 17.0 Å². The Balaban J connectivity index is 1.69. The molecule has 0 radical (unpaired) electrons. The third kappa shape index (κ3) is 6.84. The molecule has 1 aromatic carbocycles. The number of hydrogen-bond donors (Lipinski definition) is 1. The first-order chi connectivity index (χ1) is 12.1. The summed E-state index contributed by atoms with van der Waals surface area (Å²) in [7, 11) is 5.94. The van der Waals surface area contributed by atoms with Crippen LogP contribution in [0.2, 0.25) is 0 Å². The molecule has 4 nitrogen and oxygen atoms in total. The van der Waals surface area contributed by atoms with Gasteiger partial charge in [0, 0.05) is 45.2 Å². The highest BCUT2D eigenvalue weighted by molar-refractivity contribution is 7.09. The van der Waals surface area contributed by atoms with Crippen LogP contribution in [-0.4, -0.2) is 56.5 Å². The Kier molecular flexibility index (Phi) is 7.88. The molecular formula is C19H27FN4S. The number of halogens is 1. The van der Waals surface area contributed by atoms with E-state index in [-0.39, 0.29) is 5.82 Å². The molecule has 0 aliphatic carbocycles. The lowest BCUT2D eigenvalue weighted by Gasteiger charge is -2.23. The zero-order valence-electron chi connectivity index (χ0n) is 15.2. The van der Waals surface area contributed by atoms with Gasteiger partial charge in [-0.2, -0.15) is 0 Å². The Morgan fingerprint density at radius 3 is 2.56 bits per heavy atom. The number of nitrogens with zero attached hydrogens (tertiary/aromatic N) is 3. The summed E-state index contributed by atoms with van der Waals surface area (Å²) < 4.78 is 12.9. The minimum Gasteiger partial charge on any atom is -0.355 e. The number of nitrogens with one attached hydrogen (secondary N) is 1. The molecule has 0 fully saturated rings. The molecule has 1 N–H and O–H groups in total. The zero-order chi connectivity index (χ0) is 18.1. The molecule has 0 atom stereocenters. The highest BCUT2D eigenvalue weighted by Crippen LogP contribution is 2.09. The summed E-state index contributed by atoms with van der Waals surface area (Å²) in [6.45, 7) is 3.43. The number of thiophene rings is 1. The molecule has 0 aliphatic heterocycles. The van der Waals surface area contributed by atoms with Crippen LogP contribution in [-0.2, 0) is 13.0 Å². The summed E-state index contributed by atoms with van der Waals surface area (Å²) in [5, 5.41) is 5.51. The second kappa shape index (κ2) is 10.2. The number of hydrogen-bond acceptors (Lipinski definition) is 3. The summed E-state index contributed by atoms with van der Waals surface area (Å²) in [4.78, 5) is 10.1. The molecule has 0 amide bonds. The zero-order valence-corrected chi connectivity index (χ0v) is 16.0. The Morgan fingerprint density at radius 1 is 1.16 bits per heavy atom. The van der Waals surface area contributed by atoms with E-state index in [2.05, 4.69) is 51.7 Å². The maximum atomic E-state index is 12.9. The van der Waals surface area contributed by atoms with Crippen molar-refractivity contribution in [2.45, 2.75) is 13.0 Å². The van der Waals surface area contributed by atoms with Gasteiger partial charge in [0.25, 0.3) is 0 Å². The van der Waals surface area contributed by atoms with Crippen molar-refractivity contribution in [3.05, 3.63) is 58.0 Å². The third-order valence-electron chi connectivity index (χ3n) is 3.99. The first kappa shape index (κ1) is 19.4. The van der Waals surface area contributed by atoms with Crippen molar-refractivity contribution in [1.82, 2.24) is 15.1 Å². The predicted octanol–water partition coefficient (Wildman–Crippen LogP) is 3.07. The maximum Gasteiger partial charge on any atom is 0.193 e. The molecule has 0 spiro atoms. The molecule has 0 aliphatic rings. The molecule has 25 heavy (non-hydrogen) atoms. The molecular weight excluding hydrogens is 335 g/mol. The van der Waals surface area contributed by atoms with Gasteiger partial charge in [0.2, 0.25) is 0 Å². The van der Waals surface area contributed by atoms with Gasteiger partial charge in [-0.05, 0) is 42.6 Å². The van der Waals surface area contributed by atoms with Crippen LogP contribution >= 0.6 is 11.3 Å². The summed E-state index contributed by atoms with van der Waals surface area (Å²) in [5.41, 5.74) is 1.11. The first-order valence-corrected chi connectivity index (χ1v) is 9.33. The maximum absolute atomic E-state index is 12.9. The first-order valence-electron chi connectivity index (χ1n) is 8.45. The molecule has 6 heteroatoms. The Hall–Kier alpha value is -1.92. The standard InChI is InChI=1S/C19H27FN4S/c1-21-19(24(3)12-10-18-5-4-14-25-18)22-11-13-23(2)15-16-6-8-17(20)9-7-16/h4-9,14H,10-13,15H2,1-3H3,(H,21,22). The van der Waals surface area contributed by atoms with Crippen LogP contribution in [0.3, 0.4) is 0 Å². The van der Waals surface area contributed by atoms with E-state index >= 15 is 0 Å². The molecule has 136 valence electrons. The van der Waals surface area contributed by atoms with Gasteiger partial charge in [0.1, 0.15) is 5.82 Å². The minimum atomic E-state index is -0.192. The van der Waals surface area contributed by atoms with Crippen molar-refractivity contribution in [2.75, 3.05) is 40.8 Å². The lowest BCUT2D eigenvalue weighted by Crippen LogP contribution is -2.42. The van der Waals surface area contributed by atoms with Gasteiger partial charge >= 0.3 is 0 Å². The van der Waals surface area contributed by atoms with E-state index in [0.717, 1.165) is 44.1 Å². The highest BCUT2D eigenvalue weighted by Gasteiger charge is 2.07. The molecule has 0 unspecified atom stereocenters. The second-order valence-corrected chi connectivity index (χ2v) is 7.12. The molecule has 2 rings (SSSR count). The van der Waals surface area contributed by atoms with Gasteiger partial charge in [-0.1, -0.05) is 18.2 Å². The number of rotatable bonds is 8. The van der Waals surface area contributed by atoms with Crippen LogP contribution in [0, 0.1) is 5.82 Å². The molecule has 0 saturated carbocycles. The Bertz CT molecular complexity index is 640. The van der Waals surface area contributed by atoms with Gasteiger partial charge in [-0.15, -0.1) is 11.3 Å². The van der Waals surface area contributed by atoms with E-state index in [1.54, 1.807) is 11.3 Å². The van der Waals surface area contributed by atoms with Crippen molar-refractivity contribution in [2.24, 2.45) is 4.99 Å². The smallest absolute Gasteiger partial charge is 0.193 e. The van der Waals surface area contributed by atoms with Crippen molar-refractivity contribution >= 4 is 17.3 Å². The van der Waals surface area contributed by atoms with E-state index < -0.39 is 0 Å². The quantitative estimate of drug-likeness (QED) is 0.578. The third-order valence-corrected chi connectivity index (χ3v) is 4.93. The van der Waals surface area contributed by atoms with E-state index in [1.807, 2.05) is 19.2 Å². The fourth-order valence-electron chi connectivity index (χ4n) is 2.56. The average molecular weight is 363 g/mol. The van der Waals surface area contributed by atoms with Crippen LogP contribution in [0.4, 0.5) is 4.39 Å². The van der Waals surface area contributed by atoms with Crippen LogP contribution in [0.1, 0.15) is 10.4 Å². The van der Waals surface area contributed by atoms with Crippen molar-refractivity contribution in [1.29, 1.82) is 0 Å². The lowest BCUT2D eigenvalue weighted by molar-refractivity contribution is 0.329. The average Bonchev–Trinajstić information content (AvgIpc) is 3.12. The Morgan fingerprint density at radius 2 is 1.92 bits per heavy atom. The fourth-order valence-corrected chi connectivity index (χ4v) is 3.26. The lowest BCUT2D eigenvalue weighted by atomic mass is 10.2. The van der Waals surface area contributed by atoms with Crippen molar-refractivity contribution < 1.29 is 4.39 Å². The van der Waals surface area contributed by atoms with Crippen LogP contribution in [0.15, 0.2) is 46.8 Å². The molecule has 1 aromatic heterocycles. The number of aliphatic imine (C=N–C) groups is 1. The highest BCUT2D eigenvalue weighted by atomic mass is 32.1. The molecule has 0 bridgehead atoms. The van der Waals surface area contributed by atoms with Gasteiger partial charge in [0.15, 0.2) is 5.96 Å². The topological polar surface area (TPSA) is 30.9 Å². The van der Waals surface area contributed by atoms with Gasteiger partial charge in [-0.25, -0.2) is 4.39 Å². The number of guanidine groups is 1. The second-order valence-electron chi connectivity index (χ2n) is 6.09. The summed E-state index contributed by atoms with van der Waals surface area (Å²) in [6, 6.07) is 10.9. The predicted molar refractivity (Wildman–Crippen MR) is 105 cm³/mol. The van der Waals surface area contributed by atoms with E-state index in [9.17, 15) is 4.39 Å². The SMILES string of the molecule is CN=C(NCCN(C)Cc1ccc(F)cc1)N(C)CCc1cccs1. The van der Waals surface area contributed by atoms with E-state index in [4.69, 9.17) is 0 Å². The summed E-state index contributed by atoms with van der Waals surface area (Å²) in [5.74, 6) is 0.717. The normalized spacial score (nSPS) is 11.8. The fraction of sp³-hybridized carbons (Fsp3) is 0.421. The van der Waals surface area contributed by atoms with Crippen LogP contribution in [0.5, 0.6) is 0 Å². The molecule has 0 saturated heterocycles. The van der Waals surface area contributed by atoms with Crippen molar-refractivity contribution in [3.63, 3.8) is 0 Å². The molecule has 1 heterocycles. The molecule has 2 aromatic rings. The van der Waals surface area contributed by atoms with Crippen LogP contribution in [0.25, 0.3) is 0 Å². The Labute approximate surface area is 154 Å². The van der Waals surface area contributed by atoms with Gasteiger partial charge in [-0.3, -0.25) is 4.99 Å². The minimum absolute atomic E-state index is 0.192. The van der Waals surface area contributed by atoms with Crippen LogP contribution < -0.4 is 5.32 Å². The summed E-state index contributed by atoms with van der Waals surface area (Å²) in [6.07, 6.45) is 1.03. The number of benzene rings is 1. The largest absolute Gasteiger partial charge is 0.355 e. The summed E-state index contributed by atoms with van der Waals surface area (Å²) >= 11 is 1.79. The number of likely N-dealkylation sites (N-methyl/N-ethyl adjacent to an activating group) is 2.